The van der Waals surface area contributed by atoms with Crippen molar-refractivity contribution in [2.24, 2.45) is 0 Å². The van der Waals surface area contributed by atoms with Crippen molar-refractivity contribution in [1.82, 2.24) is 15.3 Å². The van der Waals surface area contributed by atoms with Crippen LogP contribution in [0.1, 0.15) is 34.9 Å². The van der Waals surface area contributed by atoms with Crippen LogP contribution in [0.3, 0.4) is 0 Å². The van der Waals surface area contributed by atoms with Crippen LogP contribution < -0.4 is 5.32 Å². The number of halogens is 1. The third kappa shape index (κ3) is 4.90. The SMILES string of the molecule is Cc1cnc(CNC(=O)C[C@@H](c2ccccc2)c2cccc(Cl)c2)cn1. The Morgan fingerprint density at radius 3 is 2.50 bits per heavy atom. The Labute approximate surface area is 158 Å². The largest absolute Gasteiger partial charge is 0.350 e. The molecule has 0 radical (unpaired) electrons. The molecule has 3 rings (SSSR count). The average Bonchev–Trinajstić information content (AvgIpc) is 2.66. The monoisotopic (exact) mass is 365 g/mol. The highest BCUT2D eigenvalue weighted by atomic mass is 35.5. The number of aromatic nitrogens is 2. The molecule has 0 spiro atoms. The van der Waals surface area contributed by atoms with E-state index in [4.69, 9.17) is 11.6 Å². The van der Waals surface area contributed by atoms with E-state index >= 15 is 0 Å². The Kier molecular flexibility index (Phi) is 5.97. The number of amides is 1. The van der Waals surface area contributed by atoms with Gasteiger partial charge in [0.2, 0.25) is 5.91 Å². The van der Waals surface area contributed by atoms with Gasteiger partial charge in [-0.25, -0.2) is 0 Å². The molecule has 0 aliphatic rings. The second kappa shape index (κ2) is 8.59. The van der Waals surface area contributed by atoms with Crippen LogP contribution >= 0.6 is 11.6 Å². The molecule has 5 heteroatoms. The second-order valence-electron chi connectivity index (χ2n) is 6.15. The summed E-state index contributed by atoms with van der Waals surface area (Å²) in [6, 6.07) is 17.7. The van der Waals surface area contributed by atoms with Crippen LogP contribution in [0.25, 0.3) is 0 Å². The van der Waals surface area contributed by atoms with Crippen molar-refractivity contribution in [2.75, 3.05) is 0 Å². The van der Waals surface area contributed by atoms with Crippen LogP contribution in [0.15, 0.2) is 67.0 Å². The average molecular weight is 366 g/mol. The van der Waals surface area contributed by atoms with Crippen molar-refractivity contribution in [1.29, 1.82) is 0 Å². The predicted molar refractivity (Wildman–Crippen MR) is 103 cm³/mol. The maximum absolute atomic E-state index is 12.5. The molecular weight excluding hydrogens is 346 g/mol. The molecule has 3 aromatic rings. The molecule has 1 N–H and O–H groups in total. The molecule has 4 nitrogen and oxygen atoms in total. The van der Waals surface area contributed by atoms with Gasteiger partial charge < -0.3 is 5.32 Å². The Morgan fingerprint density at radius 2 is 1.81 bits per heavy atom. The lowest BCUT2D eigenvalue weighted by atomic mass is 9.88. The first-order valence-electron chi connectivity index (χ1n) is 8.46. The second-order valence-corrected chi connectivity index (χ2v) is 6.58. The van der Waals surface area contributed by atoms with Crippen LogP contribution in [0, 0.1) is 6.92 Å². The Balaban J connectivity index is 1.73. The first-order valence-corrected chi connectivity index (χ1v) is 8.84. The zero-order chi connectivity index (χ0) is 18.4. The number of aryl methyl sites for hydroxylation is 1. The van der Waals surface area contributed by atoms with E-state index in [1.165, 1.54) is 0 Å². The number of hydrogen-bond donors (Lipinski definition) is 1. The van der Waals surface area contributed by atoms with E-state index in [9.17, 15) is 4.79 Å². The fraction of sp³-hybridized carbons (Fsp3) is 0.190. The number of nitrogens with zero attached hydrogens (tertiary/aromatic N) is 2. The minimum atomic E-state index is -0.0565. The first-order chi connectivity index (χ1) is 12.6. The van der Waals surface area contributed by atoms with Crippen molar-refractivity contribution < 1.29 is 4.79 Å². The summed E-state index contributed by atoms with van der Waals surface area (Å²) in [6.45, 7) is 2.24. The van der Waals surface area contributed by atoms with E-state index in [1.54, 1.807) is 12.4 Å². The molecule has 1 aromatic heterocycles. The van der Waals surface area contributed by atoms with E-state index in [0.717, 1.165) is 22.5 Å². The van der Waals surface area contributed by atoms with Crippen LogP contribution in [0.4, 0.5) is 0 Å². The number of benzene rings is 2. The van der Waals surface area contributed by atoms with E-state index in [0.29, 0.717) is 18.0 Å². The molecule has 0 fully saturated rings. The quantitative estimate of drug-likeness (QED) is 0.709. The van der Waals surface area contributed by atoms with E-state index < -0.39 is 0 Å². The first kappa shape index (κ1) is 18.1. The molecule has 0 saturated carbocycles. The normalized spacial score (nSPS) is 11.8. The summed E-state index contributed by atoms with van der Waals surface area (Å²) in [4.78, 5) is 21.0. The Morgan fingerprint density at radius 1 is 1.04 bits per heavy atom. The number of hydrogen-bond acceptors (Lipinski definition) is 3. The molecule has 2 aromatic carbocycles. The van der Waals surface area contributed by atoms with Crippen LogP contribution in [0.5, 0.6) is 0 Å². The number of nitrogens with one attached hydrogen (secondary N) is 1. The minimum Gasteiger partial charge on any atom is -0.350 e. The van der Waals surface area contributed by atoms with Crippen molar-refractivity contribution >= 4 is 17.5 Å². The summed E-state index contributed by atoms with van der Waals surface area (Å²) >= 11 is 6.15. The van der Waals surface area contributed by atoms with Gasteiger partial charge in [-0.2, -0.15) is 0 Å². The minimum absolute atomic E-state index is 0.0406. The molecule has 132 valence electrons. The van der Waals surface area contributed by atoms with Gasteiger partial charge in [-0.05, 0) is 30.2 Å². The zero-order valence-corrected chi connectivity index (χ0v) is 15.3. The Bertz CT molecular complexity index is 866. The molecule has 0 unspecified atom stereocenters. The summed E-state index contributed by atoms with van der Waals surface area (Å²) in [6.07, 6.45) is 3.71. The van der Waals surface area contributed by atoms with E-state index in [2.05, 4.69) is 15.3 Å². The molecule has 1 amide bonds. The number of carbonyl (C=O) groups excluding carboxylic acids is 1. The van der Waals surface area contributed by atoms with Gasteiger partial charge in [0.1, 0.15) is 0 Å². The zero-order valence-electron chi connectivity index (χ0n) is 14.5. The molecule has 0 bridgehead atoms. The van der Waals surface area contributed by atoms with Crippen LogP contribution in [0.2, 0.25) is 5.02 Å². The van der Waals surface area contributed by atoms with Gasteiger partial charge in [0.05, 0.1) is 24.1 Å². The molecule has 26 heavy (non-hydrogen) atoms. The topological polar surface area (TPSA) is 54.9 Å². The standard InChI is InChI=1S/C21H20ClN3O/c1-15-12-24-19(13-23-15)14-25-21(26)11-20(16-6-3-2-4-7-16)17-8-5-9-18(22)10-17/h2-10,12-13,20H,11,14H2,1H3,(H,25,26)/t20-/m0/s1. The third-order valence-corrected chi connectivity index (χ3v) is 4.38. The van der Waals surface area contributed by atoms with Crippen molar-refractivity contribution in [3.05, 3.63) is 94.5 Å². The maximum atomic E-state index is 12.5. The summed E-state index contributed by atoms with van der Waals surface area (Å²) in [5.74, 6) is -0.0970. The van der Waals surface area contributed by atoms with Gasteiger partial charge in [0, 0.05) is 23.6 Å². The van der Waals surface area contributed by atoms with Crippen molar-refractivity contribution in [3.63, 3.8) is 0 Å². The van der Waals surface area contributed by atoms with Gasteiger partial charge in [0.15, 0.2) is 0 Å². The number of carbonyl (C=O) groups is 1. The third-order valence-electron chi connectivity index (χ3n) is 4.14. The van der Waals surface area contributed by atoms with Crippen LogP contribution in [-0.2, 0) is 11.3 Å². The highest BCUT2D eigenvalue weighted by Gasteiger charge is 2.18. The lowest BCUT2D eigenvalue weighted by Gasteiger charge is -2.18. The number of rotatable bonds is 6. The Hall–Kier alpha value is -2.72. The molecule has 0 saturated heterocycles. The molecular formula is C21H20ClN3O. The van der Waals surface area contributed by atoms with E-state index in [1.807, 2.05) is 61.5 Å². The highest BCUT2D eigenvalue weighted by molar-refractivity contribution is 6.30. The maximum Gasteiger partial charge on any atom is 0.221 e. The molecule has 0 aliphatic heterocycles. The molecule has 1 heterocycles. The van der Waals surface area contributed by atoms with Gasteiger partial charge >= 0.3 is 0 Å². The summed E-state index contributed by atoms with van der Waals surface area (Å²) in [5, 5.41) is 3.59. The predicted octanol–water partition coefficient (Wildman–Crippen LogP) is 4.28. The van der Waals surface area contributed by atoms with Gasteiger partial charge in [-0.1, -0.05) is 54.1 Å². The van der Waals surface area contributed by atoms with Gasteiger partial charge in [0.25, 0.3) is 0 Å². The van der Waals surface area contributed by atoms with Gasteiger partial charge in [-0.3, -0.25) is 14.8 Å². The fourth-order valence-electron chi connectivity index (χ4n) is 2.79. The molecule has 1 atom stereocenters. The lowest BCUT2D eigenvalue weighted by molar-refractivity contribution is -0.121. The van der Waals surface area contributed by atoms with Gasteiger partial charge in [-0.15, -0.1) is 0 Å². The summed E-state index contributed by atoms with van der Waals surface area (Å²) in [5.41, 5.74) is 3.70. The lowest BCUT2D eigenvalue weighted by Crippen LogP contribution is -2.25. The van der Waals surface area contributed by atoms with Crippen molar-refractivity contribution in [3.8, 4) is 0 Å². The van der Waals surface area contributed by atoms with E-state index in [-0.39, 0.29) is 11.8 Å². The molecule has 0 aliphatic carbocycles. The van der Waals surface area contributed by atoms with Crippen LogP contribution in [-0.4, -0.2) is 15.9 Å². The van der Waals surface area contributed by atoms with Crippen molar-refractivity contribution in [2.45, 2.75) is 25.8 Å². The fourth-order valence-corrected chi connectivity index (χ4v) is 2.99. The smallest absolute Gasteiger partial charge is 0.221 e. The summed E-state index contributed by atoms with van der Waals surface area (Å²) in [7, 11) is 0. The highest BCUT2D eigenvalue weighted by Crippen LogP contribution is 2.29. The summed E-state index contributed by atoms with van der Waals surface area (Å²) < 4.78 is 0.